The molecule has 1 N–H and O–H groups in total. The molecule has 1 aromatic heterocycles. The summed E-state index contributed by atoms with van der Waals surface area (Å²) in [6.45, 7) is 2.29. The molecule has 1 saturated heterocycles. The van der Waals surface area contributed by atoms with Gasteiger partial charge in [0, 0.05) is 4.47 Å². The molecule has 1 aliphatic rings. The molecule has 0 aliphatic carbocycles. The highest BCUT2D eigenvalue weighted by atomic mass is 79.9. The van der Waals surface area contributed by atoms with Crippen molar-refractivity contribution in [1.82, 2.24) is 15.5 Å². The Morgan fingerprint density at radius 3 is 3.21 bits per heavy atom. The molecule has 0 amide bonds. The Kier molecular flexibility index (Phi) is 3.48. The van der Waals surface area contributed by atoms with Gasteiger partial charge >= 0.3 is 0 Å². The van der Waals surface area contributed by atoms with Crippen molar-refractivity contribution in [3.8, 4) is 0 Å². The molecule has 3 nitrogen and oxygen atoms in total. The quantitative estimate of drug-likeness (QED) is 0.876. The van der Waals surface area contributed by atoms with E-state index in [0.29, 0.717) is 0 Å². The van der Waals surface area contributed by atoms with E-state index in [4.69, 9.17) is 0 Å². The third-order valence-corrected chi connectivity index (χ3v) is 3.00. The fourth-order valence-electron chi connectivity index (χ4n) is 1.88. The highest BCUT2D eigenvalue weighted by Crippen LogP contribution is 2.16. The van der Waals surface area contributed by atoms with Gasteiger partial charge in [-0.15, -0.1) is 0 Å². The van der Waals surface area contributed by atoms with Crippen molar-refractivity contribution in [2.75, 3.05) is 13.1 Å². The summed E-state index contributed by atoms with van der Waals surface area (Å²) in [5.74, 6) is 0.729. The van der Waals surface area contributed by atoms with E-state index in [1.807, 2.05) is 0 Å². The van der Waals surface area contributed by atoms with Crippen LogP contribution in [0.25, 0.3) is 0 Å². The van der Waals surface area contributed by atoms with Gasteiger partial charge in [0.2, 0.25) is 0 Å². The van der Waals surface area contributed by atoms with Crippen LogP contribution in [0.5, 0.6) is 0 Å². The summed E-state index contributed by atoms with van der Waals surface area (Å²) < 4.78 is 1.02. The van der Waals surface area contributed by atoms with Crippen molar-refractivity contribution < 1.29 is 0 Å². The predicted octanol–water partition coefficient (Wildman–Crippen LogP) is 1.78. The van der Waals surface area contributed by atoms with Gasteiger partial charge in [-0.3, -0.25) is 0 Å². The van der Waals surface area contributed by atoms with E-state index < -0.39 is 0 Å². The first-order chi connectivity index (χ1) is 6.84. The minimum Gasteiger partial charge on any atom is -0.316 e. The van der Waals surface area contributed by atoms with Crippen molar-refractivity contribution in [3.63, 3.8) is 0 Å². The van der Waals surface area contributed by atoms with Crippen LogP contribution in [-0.2, 0) is 6.42 Å². The van der Waals surface area contributed by atoms with Gasteiger partial charge in [0.1, 0.15) is 0 Å². The van der Waals surface area contributed by atoms with Crippen LogP contribution in [-0.4, -0.2) is 23.3 Å². The molecule has 1 unspecified atom stereocenters. The van der Waals surface area contributed by atoms with Gasteiger partial charge in [0.15, 0.2) is 0 Å². The summed E-state index contributed by atoms with van der Waals surface area (Å²) >= 11 is 3.41. The molecule has 2 heterocycles. The zero-order valence-corrected chi connectivity index (χ0v) is 9.63. The number of aromatic nitrogens is 2. The summed E-state index contributed by atoms with van der Waals surface area (Å²) in [7, 11) is 0. The molecule has 0 radical (unpaired) electrons. The Labute approximate surface area is 92.4 Å². The summed E-state index contributed by atoms with van der Waals surface area (Å²) in [5.41, 5.74) is 1.09. The topological polar surface area (TPSA) is 37.8 Å². The van der Waals surface area contributed by atoms with Gasteiger partial charge in [0.05, 0.1) is 11.9 Å². The van der Waals surface area contributed by atoms with Crippen molar-refractivity contribution in [2.45, 2.75) is 19.3 Å². The second-order valence-electron chi connectivity index (χ2n) is 3.78. The van der Waals surface area contributed by atoms with Crippen molar-refractivity contribution >= 4 is 15.9 Å². The molecule has 0 bridgehead atoms. The maximum Gasteiger partial charge on any atom is 0.0645 e. The molecular weight excluding hydrogens is 242 g/mol. The van der Waals surface area contributed by atoms with Crippen LogP contribution in [0.15, 0.2) is 16.7 Å². The van der Waals surface area contributed by atoms with Crippen LogP contribution >= 0.6 is 15.9 Å². The van der Waals surface area contributed by atoms with Gasteiger partial charge < -0.3 is 5.32 Å². The van der Waals surface area contributed by atoms with Crippen molar-refractivity contribution in [3.05, 3.63) is 22.4 Å². The SMILES string of the molecule is Brc1cnnc(CC2CCCNC2)c1. The summed E-state index contributed by atoms with van der Waals surface area (Å²) in [6, 6.07) is 2.06. The molecular formula is C10H14BrN3. The van der Waals surface area contributed by atoms with Crippen LogP contribution in [0.4, 0.5) is 0 Å². The maximum atomic E-state index is 4.13. The van der Waals surface area contributed by atoms with E-state index >= 15 is 0 Å². The van der Waals surface area contributed by atoms with Crippen molar-refractivity contribution in [2.24, 2.45) is 5.92 Å². The Hall–Kier alpha value is -0.480. The number of halogens is 1. The summed E-state index contributed by atoms with van der Waals surface area (Å²) in [5, 5.41) is 11.5. The molecule has 2 rings (SSSR count). The minimum absolute atomic E-state index is 0.729. The minimum atomic E-state index is 0.729. The number of hydrogen-bond donors (Lipinski definition) is 1. The van der Waals surface area contributed by atoms with Crippen LogP contribution in [0.3, 0.4) is 0 Å². The zero-order valence-electron chi connectivity index (χ0n) is 8.04. The lowest BCUT2D eigenvalue weighted by Gasteiger charge is -2.21. The van der Waals surface area contributed by atoms with E-state index in [9.17, 15) is 0 Å². The molecule has 4 heteroatoms. The maximum absolute atomic E-state index is 4.13. The second-order valence-corrected chi connectivity index (χ2v) is 4.70. The number of hydrogen-bond acceptors (Lipinski definition) is 3. The van der Waals surface area contributed by atoms with Crippen molar-refractivity contribution in [1.29, 1.82) is 0 Å². The Bertz CT molecular complexity index is 297. The third-order valence-electron chi connectivity index (χ3n) is 2.57. The monoisotopic (exact) mass is 255 g/mol. The molecule has 0 spiro atoms. The molecule has 0 saturated carbocycles. The first-order valence-electron chi connectivity index (χ1n) is 5.02. The molecule has 1 aromatic rings. The molecule has 1 fully saturated rings. The molecule has 1 atom stereocenters. The number of nitrogens with one attached hydrogen (secondary N) is 1. The van der Waals surface area contributed by atoms with Crippen LogP contribution in [0, 0.1) is 5.92 Å². The van der Waals surface area contributed by atoms with E-state index in [-0.39, 0.29) is 0 Å². The average Bonchev–Trinajstić information content (AvgIpc) is 2.19. The lowest BCUT2D eigenvalue weighted by molar-refractivity contribution is 0.372. The number of rotatable bonds is 2. The lowest BCUT2D eigenvalue weighted by Crippen LogP contribution is -2.31. The number of piperidine rings is 1. The van der Waals surface area contributed by atoms with Crippen LogP contribution in [0.1, 0.15) is 18.5 Å². The summed E-state index contributed by atoms with van der Waals surface area (Å²) in [4.78, 5) is 0. The Balaban J connectivity index is 1.95. The predicted molar refractivity (Wildman–Crippen MR) is 59.0 cm³/mol. The Morgan fingerprint density at radius 1 is 1.57 bits per heavy atom. The van der Waals surface area contributed by atoms with Gasteiger partial charge in [-0.1, -0.05) is 0 Å². The van der Waals surface area contributed by atoms with Gasteiger partial charge in [0.25, 0.3) is 0 Å². The number of nitrogens with zero attached hydrogens (tertiary/aromatic N) is 2. The highest BCUT2D eigenvalue weighted by Gasteiger charge is 2.14. The zero-order chi connectivity index (χ0) is 9.80. The Morgan fingerprint density at radius 2 is 2.50 bits per heavy atom. The molecule has 76 valence electrons. The van der Waals surface area contributed by atoms with E-state index in [1.165, 1.54) is 19.4 Å². The largest absolute Gasteiger partial charge is 0.316 e. The van der Waals surface area contributed by atoms with Crippen LogP contribution < -0.4 is 5.32 Å². The molecule has 1 aliphatic heterocycles. The summed E-state index contributed by atoms with van der Waals surface area (Å²) in [6.07, 6.45) is 5.36. The normalized spacial score (nSPS) is 22.2. The third kappa shape index (κ3) is 2.75. The van der Waals surface area contributed by atoms with E-state index in [0.717, 1.165) is 29.1 Å². The molecule has 14 heavy (non-hydrogen) atoms. The first kappa shape index (κ1) is 10.1. The average molecular weight is 256 g/mol. The first-order valence-corrected chi connectivity index (χ1v) is 5.82. The lowest BCUT2D eigenvalue weighted by atomic mass is 9.95. The van der Waals surface area contributed by atoms with Crippen LogP contribution in [0.2, 0.25) is 0 Å². The second kappa shape index (κ2) is 4.84. The fraction of sp³-hybridized carbons (Fsp3) is 0.600. The van der Waals surface area contributed by atoms with Gasteiger partial charge in [-0.25, -0.2) is 0 Å². The van der Waals surface area contributed by atoms with E-state index in [2.05, 4.69) is 37.5 Å². The molecule has 0 aromatic carbocycles. The van der Waals surface area contributed by atoms with Gasteiger partial charge in [-0.05, 0) is 60.3 Å². The van der Waals surface area contributed by atoms with E-state index in [1.54, 1.807) is 6.20 Å². The smallest absolute Gasteiger partial charge is 0.0645 e. The highest BCUT2D eigenvalue weighted by molar-refractivity contribution is 9.10. The van der Waals surface area contributed by atoms with Gasteiger partial charge in [-0.2, -0.15) is 10.2 Å². The standard InChI is InChI=1S/C10H14BrN3/c11-9-5-10(14-13-7-9)4-8-2-1-3-12-6-8/h5,7-8,12H,1-4,6H2. The fourth-order valence-corrected chi connectivity index (χ4v) is 2.23.